The summed E-state index contributed by atoms with van der Waals surface area (Å²) in [6, 6.07) is 0. The van der Waals surface area contributed by atoms with Crippen molar-refractivity contribution in [3.05, 3.63) is 41.0 Å². The van der Waals surface area contributed by atoms with Gasteiger partial charge in [0.1, 0.15) is 42.6 Å². The third-order valence-electron chi connectivity index (χ3n) is 7.13. The average Bonchev–Trinajstić information content (AvgIpc) is 3.76. The molecule has 44 heavy (non-hydrogen) atoms. The van der Waals surface area contributed by atoms with Gasteiger partial charge in [-0.15, -0.1) is 5.10 Å². The minimum atomic E-state index is -1.44. The van der Waals surface area contributed by atoms with Gasteiger partial charge in [-0.3, -0.25) is 34.3 Å². The minimum Gasteiger partial charge on any atom is -0.394 e. The van der Waals surface area contributed by atoms with Gasteiger partial charge in [0.2, 0.25) is 17.8 Å². The van der Waals surface area contributed by atoms with Crippen LogP contribution in [0.2, 0.25) is 0 Å². The summed E-state index contributed by atoms with van der Waals surface area (Å²) in [4.78, 5) is 43.9. The van der Waals surface area contributed by atoms with E-state index in [0.717, 1.165) is 0 Å². The molecule has 2 fully saturated rings. The lowest BCUT2D eigenvalue weighted by molar-refractivity contribution is -0.118. The van der Waals surface area contributed by atoms with Crippen molar-refractivity contribution in [1.82, 2.24) is 44.7 Å². The second-order valence-electron chi connectivity index (χ2n) is 10.1. The number of nitrogen functional groups attached to an aromatic ring is 1. The Morgan fingerprint density at radius 3 is 2.77 bits per heavy atom. The van der Waals surface area contributed by atoms with E-state index in [1.807, 2.05) is 0 Å². The summed E-state index contributed by atoms with van der Waals surface area (Å²) in [6.45, 7) is 3.26. The van der Waals surface area contributed by atoms with E-state index in [9.17, 15) is 24.9 Å². The Hall–Kier alpha value is -4.80. The van der Waals surface area contributed by atoms with Crippen molar-refractivity contribution >= 4 is 35.3 Å². The molecule has 3 aliphatic rings. The fraction of sp³-hybridized carbons (Fsp3) is 0.478. The summed E-state index contributed by atoms with van der Waals surface area (Å²) in [6.07, 6.45) is -2.87. The van der Waals surface area contributed by atoms with Gasteiger partial charge in [0.15, 0.2) is 23.6 Å². The molecule has 9 N–H and O–H groups in total. The standard InChI is InChI=1S/C23H29N13O8/c1-9-28-22(24)29-13(38)3-26-7-34(9)14-2-11(12(5-37)43-14)42-6-10-4-36(33-32-10)21-17(40)16(39)20(44-21)35-8-27-15-18(35)30-23(25)31-19(15)41/h4,7-8,11-12,14,16-17,20-21,37,39-40H,1-3,5-6H2,(H3,24,28,29,38)(H3,25,30,31,41). The van der Waals surface area contributed by atoms with Crippen LogP contribution in [0.5, 0.6) is 0 Å². The fourth-order valence-electron chi connectivity index (χ4n) is 5.05. The maximum Gasteiger partial charge on any atom is 0.280 e. The van der Waals surface area contributed by atoms with Gasteiger partial charge in [-0.05, 0) is 0 Å². The number of carbonyl (C=O) groups is 1. The highest BCUT2D eigenvalue weighted by atomic mass is 16.6. The Kier molecular flexibility index (Phi) is 7.79. The van der Waals surface area contributed by atoms with Crippen LogP contribution >= 0.6 is 0 Å². The number of H-pyrrole nitrogens is 1. The number of aliphatic hydroxyl groups is 3. The average molecular weight is 616 g/mol. The predicted octanol–water partition coefficient (Wildman–Crippen LogP) is -4.02. The number of imidazole rings is 1. The highest BCUT2D eigenvalue weighted by Gasteiger charge is 2.46. The molecule has 0 bridgehead atoms. The topological polar surface area (TPSA) is 292 Å². The van der Waals surface area contributed by atoms with Crippen LogP contribution in [0.15, 0.2) is 39.7 Å². The Labute approximate surface area is 246 Å². The van der Waals surface area contributed by atoms with Crippen LogP contribution in [-0.4, -0.2) is 117 Å². The molecule has 234 valence electrons. The molecule has 0 saturated carbocycles. The van der Waals surface area contributed by atoms with Crippen LogP contribution in [0.3, 0.4) is 0 Å². The molecule has 0 aliphatic carbocycles. The van der Waals surface area contributed by atoms with Gasteiger partial charge in [0, 0.05) is 6.42 Å². The van der Waals surface area contributed by atoms with Crippen LogP contribution in [-0.2, 0) is 25.6 Å². The number of nitrogens with zero attached hydrogens (tertiary/aromatic N) is 9. The number of ether oxygens (including phenoxy) is 3. The number of aliphatic imine (C=N–C) groups is 2. The number of hydrogen-bond acceptors (Lipinski definition) is 17. The summed E-state index contributed by atoms with van der Waals surface area (Å²) in [5.41, 5.74) is 11.2. The van der Waals surface area contributed by atoms with E-state index in [0.29, 0.717) is 5.69 Å². The first-order valence-electron chi connectivity index (χ1n) is 13.3. The van der Waals surface area contributed by atoms with E-state index in [-0.39, 0.29) is 55.1 Å². The molecule has 1 amide bonds. The molecule has 0 radical (unpaired) electrons. The quantitative estimate of drug-likeness (QED) is 0.133. The zero-order valence-corrected chi connectivity index (χ0v) is 22.9. The molecule has 21 heteroatoms. The first kappa shape index (κ1) is 29.3. The number of fused-ring (bicyclic) bond motifs is 1. The summed E-state index contributed by atoms with van der Waals surface area (Å²) in [5, 5.41) is 41.9. The van der Waals surface area contributed by atoms with Crippen molar-refractivity contribution in [2.24, 2.45) is 15.7 Å². The molecule has 6 rings (SSSR count). The minimum absolute atomic E-state index is 0.0187. The van der Waals surface area contributed by atoms with Crippen molar-refractivity contribution in [3.63, 3.8) is 0 Å². The lowest BCUT2D eigenvalue weighted by Crippen LogP contribution is -2.38. The number of rotatable bonds is 7. The normalized spacial score (nSPS) is 29.5. The number of guanidine groups is 1. The molecule has 2 saturated heterocycles. The van der Waals surface area contributed by atoms with E-state index in [4.69, 9.17) is 25.7 Å². The van der Waals surface area contributed by atoms with Crippen molar-refractivity contribution in [1.29, 1.82) is 0 Å². The molecule has 3 aromatic heterocycles. The van der Waals surface area contributed by atoms with Gasteiger partial charge in [-0.2, -0.15) is 9.98 Å². The number of amides is 1. The second kappa shape index (κ2) is 11.7. The fourth-order valence-corrected chi connectivity index (χ4v) is 5.05. The summed E-state index contributed by atoms with van der Waals surface area (Å²) in [5.74, 6) is -0.585. The van der Waals surface area contributed by atoms with Crippen molar-refractivity contribution in [2.75, 3.05) is 18.9 Å². The Morgan fingerprint density at radius 2 is 1.98 bits per heavy atom. The molecule has 3 aromatic rings. The van der Waals surface area contributed by atoms with Crippen LogP contribution in [0.1, 0.15) is 24.6 Å². The molecule has 7 atom stereocenters. The number of anilines is 1. The summed E-state index contributed by atoms with van der Waals surface area (Å²) < 4.78 is 20.3. The number of aromatic amines is 1. The van der Waals surface area contributed by atoms with E-state index < -0.39 is 54.6 Å². The van der Waals surface area contributed by atoms with Gasteiger partial charge >= 0.3 is 0 Å². The van der Waals surface area contributed by atoms with E-state index in [1.165, 1.54) is 33.0 Å². The monoisotopic (exact) mass is 615 g/mol. The van der Waals surface area contributed by atoms with Gasteiger partial charge < -0.3 is 41.0 Å². The largest absolute Gasteiger partial charge is 0.394 e. The Balaban J connectivity index is 1.12. The Bertz CT molecular complexity index is 1680. The molecule has 21 nitrogen and oxygen atoms in total. The van der Waals surface area contributed by atoms with E-state index in [2.05, 4.69) is 47.1 Å². The van der Waals surface area contributed by atoms with Gasteiger partial charge in [0.25, 0.3) is 5.56 Å². The van der Waals surface area contributed by atoms with Crippen LogP contribution in [0, 0.1) is 0 Å². The first-order valence-corrected chi connectivity index (χ1v) is 13.3. The number of nitrogens with two attached hydrogens (primary N) is 2. The summed E-state index contributed by atoms with van der Waals surface area (Å²) in [7, 11) is 0. The molecule has 3 aliphatic heterocycles. The molecule has 6 heterocycles. The van der Waals surface area contributed by atoms with Gasteiger partial charge in [-0.1, -0.05) is 11.8 Å². The third kappa shape index (κ3) is 5.49. The highest BCUT2D eigenvalue weighted by Crippen LogP contribution is 2.36. The molecule has 7 unspecified atom stereocenters. The van der Waals surface area contributed by atoms with Crippen LogP contribution in [0.4, 0.5) is 5.95 Å². The molecule has 0 spiro atoms. The van der Waals surface area contributed by atoms with Gasteiger partial charge in [0.05, 0.1) is 38.2 Å². The maximum absolute atomic E-state index is 12.1. The number of hydrogen-bond donors (Lipinski definition) is 7. The lowest BCUT2D eigenvalue weighted by atomic mass is 10.2. The molecular weight excluding hydrogens is 586 g/mol. The van der Waals surface area contributed by atoms with Crippen molar-refractivity contribution in [3.8, 4) is 0 Å². The highest BCUT2D eigenvalue weighted by molar-refractivity contribution is 5.98. The lowest BCUT2D eigenvalue weighted by Gasteiger charge is -2.25. The van der Waals surface area contributed by atoms with Crippen molar-refractivity contribution < 1.29 is 34.3 Å². The first-order chi connectivity index (χ1) is 21.1. The Morgan fingerprint density at radius 1 is 1.18 bits per heavy atom. The van der Waals surface area contributed by atoms with E-state index >= 15 is 0 Å². The third-order valence-corrected chi connectivity index (χ3v) is 7.13. The molecule has 0 aromatic carbocycles. The number of aliphatic hydroxyl groups excluding tert-OH is 3. The van der Waals surface area contributed by atoms with Crippen molar-refractivity contribution in [2.45, 2.75) is 56.1 Å². The number of nitrogens with one attached hydrogen (secondary N) is 2. The van der Waals surface area contributed by atoms with Crippen LogP contribution < -0.4 is 22.3 Å². The zero-order chi connectivity index (χ0) is 31.1. The number of aromatic nitrogens is 7. The second-order valence-corrected chi connectivity index (χ2v) is 10.1. The SMILES string of the molecule is C=C1N=C(N)NC(=O)CN=CN1C1CC(OCc2cn(C3OC(n4cnc5c(=O)[nH]c(N)nc54)C(O)C3O)nn2)C(CO)O1. The summed E-state index contributed by atoms with van der Waals surface area (Å²) >= 11 is 0. The smallest absolute Gasteiger partial charge is 0.280 e. The number of carbonyl (C=O) groups excluding carboxylic acids is 1. The van der Waals surface area contributed by atoms with E-state index in [1.54, 1.807) is 0 Å². The zero-order valence-electron chi connectivity index (χ0n) is 22.9. The predicted molar refractivity (Wildman–Crippen MR) is 147 cm³/mol. The maximum atomic E-state index is 12.1. The van der Waals surface area contributed by atoms with Crippen LogP contribution in [0.25, 0.3) is 11.2 Å². The van der Waals surface area contributed by atoms with Gasteiger partial charge in [-0.25, -0.2) is 9.67 Å². The molecular formula is C23H29N13O8.